The minimum Gasteiger partial charge on any atom is -0.417 e. The number of amides is 1. The number of carbonyl (C=O) groups excluding carboxylic acids is 1. The maximum Gasteiger partial charge on any atom is 0.432 e. The molecule has 2 aliphatic rings. The molecule has 3 heterocycles. The first kappa shape index (κ1) is 23.3. The van der Waals surface area contributed by atoms with Crippen molar-refractivity contribution in [3.05, 3.63) is 89.2 Å². The van der Waals surface area contributed by atoms with E-state index in [0.717, 1.165) is 17.0 Å². The summed E-state index contributed by atoms with van der Waals surface area (Å²) in [5, 5.41) is 9.00. The zero-order valence-electron chi connectivity index (χ0n) is 19.0. The highest BCUT2D eigenvalue weighted by atomic mass is 19.4. The standard InChI is InChI=1S/C24H22F3N7O2/c1-13(28)21(35)30-12-14-4-2-5-15(10-14)34-19(11-20(33-34)24(25,26)27)23-32-31-22(36-23)17-6-3-7-18-16(17)8-9-29-18/h2-11,13,29,32-33H,12,28H2,1H3,(H,30,35)/b23-19-/t13-/m0/s1. The van der Waals surface area contributed by atoms with Gasteiger partial charge >= 0.3 is 6.18 Å². The van der Waals surface area contributed by atoms with Crippen LogP contribution in [0, 0.1) is 0 Å². The molecule has 0 unspecified atom stereocenters. The summed E-state index contributed by atoms with van der Waals surface area (Å²) < 4.78 is 46.8. The second-order valence-electron chi connectivity index (χ2n) is 8.27. The number of hydrazine groups is 1. The van der Waals surface area contributed by atoms with Crippen molar-refractivity contribution in [2.45, 2.75) is 25.7 Å². The first-order valence-electron chi connectivity index (χ1n) is 11.0. The molecular weight excluding hydrogens is 475 g/mol. The molecule has 0 saturated carbocycles. The van der Waals surface area contributed by atoms with E-state index in [2.05, 4.69) is 26.3 Å². The van der Waals surface area contributed by atoms with Gasteiger partial charge in [-0.05, 0) is 48.9 Å². The van der Waals surface area contributed by atoms with Crippen LogP contribution in [0.15, 0.2) is 83.2 Å². The summed E-state index contributed by atoms with van der Waals surface area (Å²) in [5.74, 6) is -0.0852. The Bertz CT molecular complexity index is 1420. The maximum absolute atomic E-state index is 13.6. The average molecular weight is 497 g/mol. The van der Waals surface area contributed by atoms with Crippen molar-refractivity contribution < 1.29 is 22.7 Å². The van der Waals surface area contributed by atoms with E-state index < -0.39 is 17.9 Å². The van der Waals surface area contributed by atoms with Gasteiger partial charge in [-0.3, -0.25) is 15.2 Å². The summed E-state index contributed by atoms with van der Waals surface area (Å²) in [7, 11) is 0. The van der Waals surface area contributed by atoms with Crippen LogP contribution in [-0.4, -0.2) is 29.0 Å². The second kappa shape index (κ2) is 8.96. The number of nitrogens with one attached hydrogen (secondary N) is 4. The first-order chi connectivity index (χ1) is 17.2. The number of allylic oxidation sites excluding steroid dienone is 2. The van der Waals surface area contributed by atoms with Crippen LogP contribution in [0.5, 0.6) is 0 Å². The van der Waals surface area contributed by atoms with E-state index >= 15 is 0 Å². The van der Waals surface area contributed by atoms with Gasteiger partial charge in [-0.25, -0.2) is 5.43 Å². The predicted molar refractivity (Wildman–Crippen MR) is 128 cm³/mol. The Morgan fingerprint density at radius 1 is 1.22 bits per heavy atom. The Hall–Kier alpha value is -4.45. The Balaban J connectivity index is 1.45. The first-order valence-corrected chi connectivity index (χ1v) is 11.0. The number of anilines is 1. The minimum absolute atomic E-state index is 0.0277. The minimum atomic E-state index is -4.62. The Labute approximate surface area is 203 Å². The zero-order valence-corrected chi connectivity index (χ0v) is 19.0. The Morgan fingerprint density at radius 3 is 2.81 bits per heavy atom. The van der Waals surface area contributed by atoms with Gasteiger partial charge in [0.1, 0.15) is 11.4 Å². The summed E-state index contributed by atoms with van der Waals surface area (Å²) in [6.07, 6.45) is -1.90. The predicted octanol–water partition coefficient (Wildman–Crippen LogP) is 3.05. The third-order valence-corrected chi connectivity index (χ3v) is 5.62. The maximum atomic E-state index is 13.6. The quantitative estimate of drug-likeness (QED) is 0.370. The van der Waals surface area contributed by atoms with Crippen molar-refractivity contribution in [2.24, 2.45) is 10.8 Å². The van der Waals surface area contributed by atoms with Crippen molar-refractivity contribution in [3.63, 3.8) is 0 Å². The highest BCUT2D eigenvalue weighted by Crippen LogP contribution is 2.35. The molecule has 0 fully saturated rings. The monoisotopic (exact) mass is 497 g/mol. The van der Waals surface area contributed by atoms with Crippen LogP contribution in [0.2, 0.25) is 0 Å². The van der Waals surface area contributed by atoms with Crippen LogP contribution in [0.4, 0.5) is 18.9 Å². The zero-order chi connectivity index (χ0) is 25.4. The molecule has 2 aromatic carbocycles. The third-order valence-electron chi connectivity index (χ3n) is 5.62. The number of halogens is 3. The Kier molecular flexibility index (Phi) is 5.80. The molecule has 0 saturated heterocycles. The van der Waals surface area contributed by atoms with Crippen LogP contribution in [0.1, 0.15) is 18.1 Å². The second-order valence-corrected chi connectivity index (χ2v) is 8.27. The fourth-order valence-corrected chi connectivity index (χ4v) is 3.83. The number of hydrogen-bond donors (Lipinski definition) is 5. The number of alkyl halides is 3. The van der Waals surface area contributed by atoms with E-state index in [-0.39, 0.29) is 29.9 Å². The van der Waals surface area contributed by atoms with Gasteiger partial charge < -0.3 is 20.8 Å². The molecule has 0 bridgehead atoms. The molecule has 12 heteroatoms. The van der Waals surface area contributed by atoms with Crippen LogP contribution >= 0.6 is 0 Å². The van der Waals surface area contributed by atoms with Gasteiger partial charge in [-0.2, -0.15) is 13.2 Å². The highest BCUT2D eigenvalue weighted by Gasteiger charge is 2.41. The summed E-state index contributed by atoms with van der Waals surface area (Å²) in [6.45, 7) is 1.72. The number of carbonyl (C=O) groups is 1. The number of nitrogens with zero attached hydrogens (tertiary/aromatic N) is 2. The van der Waals surface area contributed by atoms with Crippen molar-refractivity contribution in [1.82, 2.24) is 21.2 Å². The lowest BCUT2D eigenvalue weighted by Gasteiger charge is -2.23. The van der Waals surface area contributed by atoms with E-state index in [1.807, 2.05) is 24.3 Å². The number of hydrogen-bond acceptors (Lipinski definition) is 7. The lowest BCUT2D eigenvalue weighted by molar-refractivity contribution is -0.122. The van der Waals surface area contributed by atoms with Gasteiger partial charge in [0.2, 0.25) is 17.7 Å². The fraction of sp³-hybridized carbons (Fsp3) is 0.167. The molecule has 36 heavy (non-hydrogen) atoms. The lowest BCUT2D eigenvalue weighted by atomic mass is 10.1. The summed E-state index contributed by atoms with van der Waals surface area (Å²) >= 11 is 0. The van der Waals surface area contributed by atoms with Crippen molar-refractivity contribution in [2.75, 3.05) is 5.01 Å². The molecule has 0 radical (unpaired) electrons. The van der Waals surface area contributed by atoms with Gasteiger partial charge in [0, 0.05) is 29.2 Å². The van der Waals surface area contributed by atoms with Crippen molar-refractivity contribution >= 4 is 28.4 Å². The normalized spacial score (nSPS) is 18.3. The fourth-order valence-electron chi connectivity index (χ4n) is 3.83. The SMILES string of the molecule is C[C@H](N)C(=O)NCc1cccc(N2NC(C(F)(F)F)=C/C2=C2\NN=C(c3cccc4[nH]ccc34)O2)c1. The number of aromatic nitrogens is 1. The number of hydrazone groups is 1. The number of rotatable bonds is 5. The molecule has 1 atom stereocenters. The third kappa shape index (κ3) is 4.45. The van der Waals surface area contributed by atoms with Gasteiger partial charge in [-0.1, -0.05) is 18.2 Å². The molecule has 5 rings (SSSR count). The number of benzene rings is 2. The van der Waals surface area contributed by atoms with Crippen LogP contribution in [-0.2, 0) is 16.1 Å². The van der Waals surface area contributed by atoms with Gasteiger partial charge in [0.25, 0.3) is 0 Å². The number of aromatic amines is 1. The summed E-state index contributed by atoms with van der Waals surface area (Å²) in [4.78, 5) is 14.9. The molecule has 186 valence electrons. The van der Waals surface area contributed by atoms with Gasteiger partial charge in [-0.15, -0.1) is 5.10 Å². The number of ether oxygens (including phenoxy) is 1. The number of H-pyrrole nitrogens is 1. The van der Waals surface area contributed by atoms with Crippen LogP contribution in [0.25, 0.3) is 10.9 Å². The smallest absolute Gasteiger partial charge is 0.417 e. The van der Waals surface area contributed by atoms with Crippen LogP contribution < -0.4 is 26.9 Å². The van der Waals surface area contributed by atoms with E-state index in [0.29, 0.717) is 16.8 Å². The Morgan fingerprint density at radius 2 is 2.03 bits per heavy atom. The molecule has 6 N–H and O–H groups in total. The summed E-state index contributed by atoms with van der Waals surface area (Å²) in [6, 6.07) is 13.4. The molecular formula is C24H22F3N7O2. The van der Waals surface area contributed by atoms with E-state index in [1.54, 1.807) is 37.4 Å². The highest BCUT2D eigenvalue weighted by molar-refractivity contribution is 6.07. The lowest BCUT2D eigenvalue weighted by Crippen LogP contribution is -2.38. The molecule has 0 aliphatic carbocycles. The van der Waals surface area contributed by atoms with Gasteiger partial charge in [0.15, 0.2) is 0 Å². The average Bonchev–Trinajstić information content (AvgIpc) is 3.60. The van der Waals surface area contributed by atoms with E-state index in [4.69, 9.17) is 10.5 Å². The molecule has 0 spiro atoms. The topological polar surface area (TPSA) is 120 Å². The number of fused-ring (bicyclic) bond motifs is 1. The molecule has 9 nitrogen and oxygen atoms in total. The van der Waals surface area contributed by atoms with E-state index in [1.165, 1.54) is 5.01 Å². The summed E-state index contributed by atoms with van der Waals surface area (Å²) in [5.41, 5.74) is 12.4. The van der Waals surface area contributed by atoms with Crippen molar-refractivity contribution in [1.29, 1.82) is 0 Å². The number of nitrogens with two attached hydrogens (primary N) is 1. The molecule has 3 aromatic rings. The molecule has 2 aliphatic heterocycles. The van der Waals surface area contributed by atoms with E-state index in [9.17, 15) is 18.0 Å². The largest absolute Gasteiger partial charge is 0.432 e. The van der Waals surface area contributed by atoms with Gasteiger partial charge in [0.05, 0.1) is 11.7 Å². The molecule has 1 amide bonds. The molecule has 1 aromatic heterocycles. The van der Waals surface area contributed by atoms with Crippen LogP contribution in [0.3, 0.4) is 0 Å². The van der Waals surface area contributed by atoms with Crippen molar-refractivity contribution in [3.8, 4) is 0 Å².